The second-order valence-electron chi connectivity index (χ2n) is 8.93. The van der Waals surface area contributed by atoms with Gasteiger partial charge in [-0.25, -0.2) is 0 Å². The molecule has 1 amide bonds. The van der Waals surface area contributed by atoms with Gasteiger partial charge in [0.2, 0.25) is 0 Å². The fourth-order valence-electron chi connectivity index (χ4n) is 6.35. The zero-order valence-electron chi connectivity index (χ0n) is 14.5. The van der Waals surface area contributed by atoms with Gasteiger partial charge in [-0.15, -0.1) is 0 Å². The van der Waals surface area contributed by atoms with Gasteiger partial charge in [0, 0.05) is 6.04 Å². The van der Waals surface area contributed by atoms with Crippen LogP contribution >= 0.6 is 11.6 Å². The average Bonchev–Trinajstić information content (AvgIpc) is 3.18. The van der Waals surface area contributed by atoms with E-state index >= 15 is 0 Å². The smallest absolute Gasteiger partial charge is 0.256 e. The van der Waals surface area contributed by atoms with Crippen LogP contribution in [-0.4, -0.2) is 32.4 Å². The van der Waals surface area contributed by atoms with Crippen molar-refractivity contribution in [1.29, 1.82) is 0 Å². The Hall–Kier alpha value is -1.07. The van der Waals surface area contributed by atoms with Gasteiger partial charge >= 0.3 is 0 Å². The molecule has 25 heavy (non-hydrogen) atoms. The maximum atomic E-state index is 12.9. The van der Waals surface area contributed by atoms with Gasteiger partial charge in [0.1, 0.15) is 5.15 Å². The average molecular weight is 364 g/mol. The quantitative estimate of drug-likeness (QED) is 0.865. The molecule has 2 N–H and O–H groups in total. The summed E-state index contributed by atoms with van der Waals surface area (Å²) in [4.78, 5) is 12.9. The monoisotopic (exact) mass is 363 g/mol. The number of amides is 1. The summed E-state index contributed by atoms with van der Waals surface area (Å²) in [6.07, 6.45) is 11.1. The molecule has 5 fully saturated rings. The van der Waals surface area contributed by atoms with Gasteiger partial charge in [-0.1, -0.05) is 24.4 Å². The molecule has 0 aromatic carbocycles. The zero-order chi connectivity index (χ0) is 17.2. The van der Waals surface area contributed by atoms with E-state index in [4.69, 9.17) is 11.6 Å². The molecule has 1 aromatic rings. The molecular weight excluding hydrogens is 338 g/mol. The Bertz CT molecular complexity index is 681. The lowest BCUT2D eigenvalue weighted by atomic mass is 9.52. The Labute approximate surface area is 153 Å². The summed E-state index contributed by atoms with van der Waals surface area (Å²) in [7, 11) is 0. The van der Waals surface area contributed by atoms with Crippen LogP contribution in [0.2, 0.25) is 5.15 Å². The van der Waals surface area contributed by atoms with Crippen LogP contribution in [0.3, 0.4) is 0 Å². The topological polar surface area (TPSA) is 67.2 Å². The summed E-state index contributed by atoms with van der Waals surface area (Å²) < 4.78 is 1.84. The largest absolute Gasteiger partial charge is 0.390 e. The molecule has 3 unspecified atom stereocenters. The molecule has 1 aromatic heterocycles. The van der Waals surface area contributed by atoms with Gasteiger partial charge in [-0.2, -0.15) is 5.10 Å². The molecule has 136 valence electrons. The molecule has 5 aliphatic rings. The van der Waals surface area contributed by atoms with Gasteiger partial charge in [0.25, 0.3) is 5.91 Å². The number of rotatable bonds is 3. The molecule has 4 bridgehead atoms. The van der Waals surface area contributed by atoms with Crippen LogP contribution in [0.4, 0.5) is 0 Å². The van der Waals surface area contributed by atoms with Crippen LogP contribution < -0.4 is 5.32 Å². The highest BCUT2D eigenvalue weighted by molar-refractivity contribution is 6.32. The van der Waals surface area contributed by atoms with Crippen molar-refractivity contribution >= 4 is 17.5 Å². The first-order valence-electron chi connectivity index (χ1n) is 9.79. The molecule has 6 rings (SSSR count). The molecule has 5 aliphatic carbocycles. The van der Waals surface area contributed by atoms with E-state index in [1.165, 1.54) is 12.8 Å². The summed E-state index contributed by atoms with van der Waals surface area (Å²) in [5.41, 5.74) is 0.0315. The highest BCUT2D eigenvalue weighted by Crippen LogP contribution is 2.55. The summed E-state index contributed by atoms with van der Waals surface area (Å²) >= 11 is 6.49. The summed E-state index contributed by atoms with van der Waals surface area (Å²) in [5, 5.41) is 18.8. The van der Waals surface area contributed by atoms with Gasteiger partial charge in [-0.05, 0) is 62.7 Å². The number of aromatic nitrogens is 2. The minimum Gasteiger partial charge on any atom is -0.390 e. The molecule has 0 radical (unpaired) electrons. The van der Waals surface area contributed by atoms with E-state index in [1.54, 1.807) is 6.20 Å². The Morgan fingerprint density at radius 1 is 1.24 bits per heavy atom. The van der Waals surface area contributed by atoms with Gasteiger partial charge < -0.3 is 10.4 Å². The number of halogens is 1. The number of nitrogens with one attached hydrogen (secondary N) is 1. The number of carbonyl (C=O) groups excluding carboxylic acids is 1. The number of nitrogens with zero attached hydrogens (tertiary/aromatic N) is 2. The van der Waals surface area contributed by atoms with Crippen molar-refractivity contribution in [3.8, 4) is 0 Å². The third-order valence-corrected chi connectivity index (χ3v) is 7.57. The Morgan fingerprint density at radius 2 is 1.92 bits per heavy atom. The normalized spacial score (nSPS) is 39.9. The first-order valence-corrected chi connectivity index (χ1v) is 10.2. The highest BCUT2D eigenvalue weighted by atomic mass is 35.5. The van der Waals surface area contributed by atoms with E-state index in [0.29, 0.717) is 34.5 Å². The third-order valence-electron chi connectivity index (χ3n) is 7.19. The standard InChI is InChI=1S/C19H26ClN3O2/c20-17-15(10-21-23(17)14-3-1-2-4-14)18(24)22-16-12-5-11-6-13(16)9-19(25,7-11)8-12/h10-14,16,25H,1-9H2,(H,22,24)/t11?,12-,13+,16?,19?. The van der Waals surface area contributed by atoms with E-state index in [-0.39, 0.29) is 11.9 Å². The second kappa shape index (κ2) is 5.71. The van der Waals surface area contributed by atoms with Crippen LogP contribution in [0, 0.1) is 17.8 Å². The number of carbonyl (C=O) groups is 1. The first-order chi connectivity index (χ1) is 12.0. The highest BCUT2D eigenvalue weighted by Gasteiger charge is 2.55. The van der Waals surface area contributed by atoms with Crippen LogP contribution in [0.15, 0.2) is 6.20 Å². The summed E-state index contributed by atoms with van der Waals surface area (Å²) in [5.74, 6) is 1.36. The SMILES string of the molecule is O=C(NC1[C@@H]2CC3C[C@H]1CC(O)(C3)C2)c1cnn(C2CCCC2)c1Cl. The molecule has 1 heterocycles. The van der Waals surface area contributed by atoms with Crippen molar-refractivity contribution in [3.05, 3.63) is 16.9 Å². The predicted molar refractivity (Wildman–Crippen MR) is 94.5 cm³/mol. The molecule has 5 nitrogen and oxygen atoms in total. The minimum atomic E-state index is -0.470. The van der Waals surface area contributed by atoms with Crippen molar-refractivity contribution < 1.29 is 9.90 Å². The molecule has 5 atom stereocenters. The summed E-state index contributed by atoms with van der Waals surface area (Å²) in [6.45, 7) is 0. The Kier molecular flexibility index (Phi) is 3.69. The Morgan fingerprint density at radius 3 is 2.56 bits per heavy atom. The molecule has 0 aliphatic heterocycles. The third kappa shape index (κ3) is 2.62. The van der Waals surface area contributed by atoms with Crippen LogP contribution in [0.25, 0.3) is 0 Å². The molecule has 6 heteroatoms. The van der Waals surface area contributed by atoms with Gasteiger partial charge in [-0.3, -0.25) is 9.48 Å². The van der Waals surface area contributed by atoms with E-state index < -0.39 is 5.60 Å². The molecular formula is C19H26ClN3O2. The molecule has 0 saturated heterocycles. The first kappa shape index (κ1) is 16.1. The van der Waals surface area contributed by atoms with Gasteiger partial charge in [0.05, 0.1) is 23.4 Å². The van der Waals surface area contributed by atoms with Crippen molar-refractivity contribution in [2.24, 2.45) is 17.8 Å². The van der Waals surface area contributed by atoms with E-state index in [9.17, 15) is 9.90 Å². The lowest BCUT2D eigenvalue weighted by molar-refractivity contribution is -0.136. The zero-order valence-corrected chi connectivity index (χ0v) is 15.2. The van der Waals surface area contributed by atoms with Crippen molar-refractivity contribution in [1.82, 2.24) is 15.1 Å². The maximum Gasteiger partial charge on any atom is 0.256 e. The number of hydrogen-bond acceptors (Lipinski definition) is 3. The van der Waals surface area contributed by atoms with Crippen molar-refractivity contribution in [2.45, 2.75) is 75.5 Å². The van der Waals surface area contributed by atoms with Crippen LogP contribution in [-0.2, 0) is 0 Å². The fourth-order valence-corrected chi connectivity index (χ4v) is 6.67. The van der Waals surface area contributed by atoms with E-state index in [0.717, 1.165) is 44.9 Å². The van der Waals surface area contributed by atoms with Crippen LogP contribution in [0.1, 0.15) is 74.2 Å². The van der Waals surface area contributed by atoms with E-state index in [2.05, 4.69) is 10.4 Å². The molecule has 5 saturated carbocycles. The Balaban J connectivity index is 1.33. The maximum absolute atomic E-state index is 12.9. The molecule has 0 spiro atoms. The van der Waals surface area contributed by atoms with Crippen molar-refractivity contribution in [2.75, 3.05) is 0 Å². The fraction of sp³-hybridized carbons (Fsp3) is 0.789. The second-order valence-corrected chi connectivity index (χ2v) is 9.28. The van der Waals surface area contributed by atoms with E-state index in [1.807, 2.05) is 4.68 Å². The number of aliphatic hydroxyl groups is 1. The van der Waals surface area contributed by atoms with Gasteiger partial charge in [0.15, 0.2) is 0 Å². The van der Waals surface area contributed by atoms with Crippen molar-refractivity contribution in [3.63, 3.8) is 0 Å². The summed E-state index contributed by atoms with van der Waals surface area (Å²) in [6, 6.07) is 0.514. The lowest BCUT2D eigenvalue weighted by Crippen LogP contribution is -2.61. The van der Waals surface area contributed by atoms with Crippen LogP contribution in [0.5, 0.6) is 0 Å². The minimum absolute atomic E-state index is 0.0984. The lowest BCUT2D eigenvalue weighted by Gasteiger charge is -2.58. The number of hydrogen-bond donors (Lipinski definition) is 2. The predicted octanol–water partition coefficient (Wildman–Crippen LogP) is 3.32.